The van der Waals surface area contributed by atoms with Crippen molar-refractivity contribution in [3.63, 3.8) is 0 Å². The van der Waals surface area contributed by atoms with Gasteiger partial charge in [-0.25, -0.2) is 18.1 Å². The number of hydrogen-bond donors (Lipinski definition) is 1. The van der Waals surface area contributed by atoms with Crippen molar-refractivity contribution in [1.29, 1.82) is 0 Å². The minimum absolute atomic E-state index is 0.0973. The zero-order valence-electron chi connectivity index (χ0n) is 11.8. The molecule has 1 N–H and O–H groups in total. The molecular formula is C14H18N2O3S. The summed E-state index contributed by atoms with van der Waals surface area (Å²) in [4.78, 5) is 4.17. The Morgan fingerprint density at radius 1 is 1.25 bits per heavy atom. The molecule has 0 aliphatic carbocycles. The Hall–Kier alpha value is -1.66. The summed E-state index contributed by atoms with van der Waals surface area (Å²) in [5.74, 6) is 0.893. The average molecular weight is 294 g/mol. The van der Waals surface area contributed by atoms with Gasteiger partial charge in [0.25, 0.3) is 0 Å². The maximum atomic E-state index is 12.1. The molecule has 1 aromatic heterocycles. The second kappa shape index (κ2) is 5.76. The average Bonchev–Trinajstić information content (AvgIpc) is 2.82. The van der Waals surface area contributed by atoms with Crippen LogP contribution < -0.4 is 4.72 Å². The van der Waals surface area contributed by atoms with Gasteiger partial charge in [0.15, 0.2) is 6.39 Å². The van der Waals surface area contributed by atoms with Crippen LogP contribution in [0, 0.1) is 6.92 Å². The minimum atomic E-state index is -3.53. The molecule has 2 rings (SSSR count). The number of hydrogen-bond acceptors (Lipinski definition) is 4. The van der Waals surface area contributed by atoms with Crippen LogP contribution in [0.1, 0.15) is 36.8 Å². The predicted molar refractivity (Wildman–Crippen MR) is 75.8 cm³/mol. The molecule has 20 heavy (non-hydrogen) atoms. The molecule has 0 aliphatic rings. The molecule has 2 aromatic rings. The fraction of sp³-hybridized carbons (Fsp3) is 0.357. The molecule has 0 aliphatic heterocycles. The zero-order chi connectivity index (χ0) is 14.8. The smallest absolute Gasteiger partial charge is 0.240 e. The van der Waals surface area contributed by atoms with Gasteiger partial charge in [0.1, 0.15) is 5.76 Å². The molecule has 0 bridgehead atoms. The molecule has 0 atom stereocenters. The Kier molecular flexibility index (Phi) is 4.25. The number of nitrogens with zero attached hydrogens (tertiary/aromatic N) is 1. The summed E-state index contributed by atoms with van der Waals surface area (Å²) in [6.07, 6.45) is 1.30. The highest BCUT2D eigenvalue weighted by molar-refractivity contribution is 7.89. The molecule has 5 nitrogen and oxygen atoms in total. The summed E-state index contributed by atoms with van der Waals surface area (Å²) < 4.78 is 31.9. The number of aryl methyl sites for hydroxylation is 1. The fourth-order valence-corrected chi connectivity index (χ4v) is 2.75. The van der Waals surface area contributed by atoms with E-state index in [4.69, 9.17) is 4.42 Å². The van der Waals surface area contributed by atoms with E-state index in [1.807, 2.05) is 12.1 Å². The van der Waals surface area contributed by atoms with Gasteiger partial charge < -0.3 is 4.42 Å². The Morgan fingerprint density at radius 3 is 2.40 bits per heavy atom. The van der Waals surface area contributed by atoms with Crippen LogP contribution in [0.4, 0.5) is 0 Å². The van der Waals surface area contributed by atoms with Crippen LogP contribution >= 0.6 is 0 Å². The number of oxazole rings is 1. The summed E-state index contributed by atoms with van der Waals surface area (Å²) in [7, 11) is -3.53. The van der Waals surface area contributed by atoms with Gasteiger partial charge in [0, 0.05) is 0 Å². The van der Waals surface area contributed by atoms with Gasteiger partial charge in [0.2, 0.25) is 10.0 Å². The number of rotatable bonds is 5. The predicted octanol–water partition coefficient (Wildman–Crippen LogP) is 2.58. The quantitative estimate of drug-likeness (QED) is 0.920. The van der Waals surface area contributed by atoms with E-state index in [0.717, 1.165) is 5.56 Å². The van der Waals surface area contributed by atoms with Crippen LogP contribution in [0.25, 0.3) is 0 Å². The summed E-state index contributed by atoms with van der Waals surface area (Å²) in [6.45, 7) is 5.99. The molecule has 0 saturated carbocycles. The van der Waals surface area contributed by atoms with E-state index in [1.165, 1.54) is 6.39 Å². The standard InChI is InChI=1S/C14H18N2O3S/c1-10(2)12-4-6-13(7-5-12)20(17,18)16-8-14-11(3)15-9-19-14/h4-7,9-10,16H,8H2,1-3H3. The van der Waals surface area contributed by atoms with Crippen molar-refractivity contribution in [3.8, 4) is 0 Å². The maximum Gasteiger partial charge on any atom is 0.240 e. The van der Waals surface area contributed by atoms with Gasteiger partial charge in [0.05, 0.1) is 17.1 Å². The minimum Gasteiger partial charge on any atom is -0.447 e. The van der Waals surface area contributed by atoms with Crippen molar-refractivity contribution in [2.45, 2.75) is 38.1 Å². The lowest BCUT2D eigenvalue weighted by molar-refractivity contribution is 0.492. The number of sulfonamides is 1. The topological polar surface area (TPSA) is 72.2 Å². The molecule has 108 valence electrons. The Balaban J connectivity index is 2.12. The molecule has 1 aromatic carbocycles. The van der Waals surface area contributed by atoms with Crippen LogP contribution in [0.5, 0.6) is 0 Å². The van der Waals surface area contributed by atoms with E-state index >= 15 is 0 Å². The van der Waals surface area contributed by atoms with Crippen molar-refractivity contribution in [2.75, 3.05) is 0 Å². The van der Waals surface area contributed by atoms with E-state index in [0.29, 0.717) is 17.4 Å². The molecule has 6 heteroatoms. The molecule has 0 unspecified atom stereocenters. The Bertz CT molecular complexity index is 673. The third-order valence-corrected chi connectivity index (χ3v) is 4.54. The van der Waals surface area contributed by atoms with Crippen molar-refractivity contribution >= 4 is 10.0 Å². The Labute approximate surface area is 119 Å². The molecule has 0 saturated heterocycles. The highest BCUT2D eigenvalue weighted by atomic mass is 32.2. The molecule has 0 spiro atoms. The van der Waals surface area contributed by atoms with Crippen LogP contribution in [0.2, 0.25) is 0 Å². The van der Waals surface area contributed by atoms with Gasteiger partial charge in [-0.1, -0.05) is 26.0 Å². The normalized spacial score (nSPS) is 12.0. The van der Waals surface area contributed by atoms with Gasteiger partial charge in [-0.3, -0.25) is 0 Å². The number of aromatic nitrogens is 1. The van der Waals surface area contributed by atoms with Crippen molar-refractivity contribution in [3.05, 3.63) is 47.7 Å². The fourth-order valence-electron chi connectivity index (χ4n) is 1.77. The van der Waals surface area contributed by atoms with E-state index in [2.05, 4.69) is 23.6 Å². The number of benzene rings is 1. The van der Waals surface area contributed by atoms with Gasteiger partial charge in [-0.05, 0) is 30.5 Å². The summed E-state index contributed by atoms with van der Waals surface area (Å²) in [5.41, 5.74) is 1.79. The molecule has 0 amide bonds. The van der Waals surface area contributed by atoms with E-state index in [9.17, 15) is 8.42 Å². The van der Waals surface area contributed by atoms with Crippen LogP contribution in [-0.2, 0) is 16.6 Å². The van der Waals surface area contributed by atoms with Crippen molar-refractivity contribution < 1.29 is 12.8 Å². The van der Waals surface area contributed by atoms with E-state index in [-0.39, 0.29) is 11.4 Å². The first-order chi connectivity index (χ1) is 9.40. The summed E-state index contributed by atoms with van der Waals surface area (Å²) in [6, 6.07) is 6.90. The highest BCUT2D eigenvalue weighted by Gasteiger charge is 2.15. The number of nitrogens with one attached hydrogen (secondary N) is 1. The Morgan fingerprint density at radius 2 is 1.90 bits per heavy atom. The van der Waals surface area contributed by atoms with Crippen molar-refractivity contribution in [2.24, 2.45) is 0 Å². The van der Waals surface area contributed by atoms with Crippen molar-refractivity contribution in [1.82, 2.24) is 9.71 Å². The first-order valence-corrected chi connectivity index (χ1v) is 7.87. The second-order valence-electron chi connectivity index (χ2n) is 4.91. The summed E-state index contributed by atoms with van der Waals surface area (Å²) in [5, 5.41) is 0. The van der Waals surface area contributed by atoms with Gasteiger partial charge in [-0.2, -0.15) is 0 Å². The summed E-state index contributed by atoms with van der Waals surface area (Å²) >= 11 is 0. The first kappa shape index (κ1) is 14.7. The van der Waals surface area contributed by atoms with Crippen LogP contribution in [0.15, 0.2) is 40.0 Å². The highest BCUT2D eigenvalue weighted by Crippen LogP contribution is 2.17. The third kappa shape index (κ3) is 3.26. The SMILES string of the molecule is Cc1ncoc1CNS(=O)(=O)c1ccc(C(C)C)cc1. The van der Waals surface area contributed by atoms with Crippen LogP contribution in [0.3, 0.4) is 0 Å². The van der Waals surface area contributed by atoms with Gasteiger partial charge >= 0.3 is 0 Å². The van der Waals surface area contributed by atoms with E-state index < -0.39 is 10.0 Å². The van der Waals surface area contributed by atoms with Crippen LogP contribution in [-0.4, -0.2) is 13.4 Å². The van der Waals surface area contributed by atoms with Gasteiger partial charge in [-0.15, -0.1) is 0 Å². The first-order valence-electron chi connectivity index (χ1n) is 6.39. The van der Waals surface area contributed by atoms with E-state index in [1.54, 1.807) is 19.1 Å². The molecule has 0 fully saturated rings. The lowest BCUT2D eigenvalue weighted by Gasteiger charge is -2.08. The zero-order valence-corrected chi connectivity index (χ0v) is 12.6. The monoisotopic (exact) mass is 294 g/mol. The lowest BCUT2D eigenvalue weighted by atomic mass is 10.0. The largest absolute Gasteiger partial charge is 0.447 e. The second-order valence-corrected chi connectivity index (χ2v) is 6.68. The molecule has 0 radical (unpaired) electrons. The molecular weight excluding hydrogens is 276 g/mol. The maximum absolute atomic E-state index is 12.1. The lowest BCUT2D eigenvalue weighted by Crippen LogP contribution is -2.23. The third-order valence-electron chi connectivity index (χ3n) is 3.12. The molecule has 1 heterocycles.